The Hall–Kier alpha value is -0.530. The summed E-state index contributed by atoms with van der Waals surface area (Å²) >= 11 is 0. The van der Waals surface area contributed by atoms with Gasteiger partial charge in [0, 0.05) is 6.42 Å². The molecule has 1 rings (SSSR count). The molecule has 0 fully saturated rings. The average Bonchev–Trinajstić information content (AvgIpc) is 1.90. The normalized spacial score (nSPS) is 19.9. The van der Waals surface area contributed by atoms with Crippen LogP contribution in [0.15, 0.2) is 0 Å². The zero-order chi connectivity index (χ0) is 5.82. The van der Waals surface area contributed by atoms with Crippen LogP contribution in [0.2, 0.25) is 0 Å². The Morgan fingerprint density at radius 2 is 2.38 bits per heavy atom. The lowest BCUT2D eigenvalue weighted by Gasteiger charge is -2.02. The van der Waals surface area contributed by atoms with Crippen molar-refractivity contribution < 1.29 is 9.73 Å². The van der Waals surface area contributed by atoms with Crippen LogP contribution in [-0.2, 0) is 4.74 Å². The summed E-state index contributed by atoms with van der Waals surface area (Å²) in [6, 6.07) is 0. The highest BCUT2D eigenvalue weighted by atomic mass is 16.5. The number of hydrogen-bond acceptors (Lipinski definition) is 1. The van der Waals surface area contributed by atoms with Crippen LogP contribution in [0.5, 0.6) is 0 Å². The number of ether oxygens (including phenoxy) is 1. The summed E-state index contributed by atoms with van der Waals surface area (Å²) in [7, 11) is 1.72. The highest BCUT2D eigenvalue weighted by Gasteiger charge is 2.09. The SMILES string of the molecule is COC1=[NH+]CCCC1. The summed E-state index contributed by atoms with van der Waals surface area (Å²) in [4.78, 5) is 3.16. The summed E-state index contributed by atoms with van der Waals surface area (Å²) in [6.45, 7) is 1.09. The van der Waals surface area contributed by atoms with E-state index < -0.39 is 0 Å². The van der Waals surface area contributed by atoms with Crippen molar-refractivity contribution in [3.63, 3.8) is 0 Å². The van der Waals surface area contributed by atoms with Gasteiger partial charge in [0.25, 0.3) is 0 Å². The van der Waals surface area contributed by atoms with E-state index in [1.807, 2.05) is 0 Å². The molecule has 1 N–H and O–H groups in total. The highest BCUT2D eigenvalue weighted by molar-refractivity contribution is 5.69. The maximum absolute atomic E-state index is 5.00. The summed E-state index contributed by atoms with van der Waals surface area (Å²) in [5, 5.41) is 0. The first-order valence-corrected chi connectivity index (χ1v) is 3.07. The predicted octanol–water partition coefficient (Wildman–Crippen LogP) is -0.704. The van der Waals surface area contributed by atoms with Crippen LogP contribution in [0, 0.1) is 0 Å². The van der Waals surface area contributed by atoms with Gasteiger partial charge in [-0.25, -0.2) is 4.99 Å². The van der Waals surface area contributed by atoms with Gasteiger partial charge in [0.05, 0.1) is 13.5 Å². The summed E-state index contributed by atoms with van der Waals surface area (Å²) in [6.07, 6.45) is 3.65. The summed E-state index contributed by atoms with van der Waals surface area (Å²) in [5.74, 6) is 1.05. The third-order valence-electron chi connectivity index (χ3n) is 1.40. The molecule has 0 aliphatic carbocycles. The molecule has 8 heavy (non-hydrogen) atoms. The zero-order valence-corrected chi connectivity index (χ0v) is 5.24. The van der Waals surface area contributed by atoms with Crippen LogP contribution in [-0.4, -0.2) is 19.6 Å². The lowest BCUT2D eigenvalue weighted by Crippen LogP contribution is -2.75. The summed E-state index contributed by atoms with van der Waals surface area (Å²) in [5.41, 5.74) is 0. The largest absolute Gasteiger partial charge is 0.451 e. The van der Waals surface area contributed by atoms with Crippen LogP contribution < -0.4 is 4.99 Å². The first-order chi connectivity index (χ1) is 3.93. The Morgan fingerprint density at radius 1 is 1.50 bits per heavy atom. The minimum absolute atomic E-state index is 1.05. The van der Waals surface area contributed by atoms with E-state index in [4.69, 9.17) is 4.74 Å². The van der Waals surface area contributed by atoms with E-state index >= 15 is 0 Å². The van der Waals surface area contributed by atoms with E-state index in [2.05, 4.69) is 4.99 Å². The predicted molar refractivity (Wildman–Crippen MR) is 31.7 cm³/mol. The van der Waals surface area contributed by atoms with Gasteiger partial charge in [0.1, 0.15) is 6.54 Å². The molecule has 0 saturated carbocycles. The van der Waals surface area contributed by atoms with Gasteiger partial charge in [-0.1, -0.05) is 0 Å². The monoisotopic (exact) mass is 114 g/mol. The Labute approximate surface area is 49.6 Å². The molecule has 0 amide bonds. The standard InChI is InChI=1S/C6H11NO/c1-8-6-4-2-3-5-7-6/h2-5H2,1H3/p+1. The minimum Gasteiger partial charge on any atom is -0.451 e. The first kappa shape index (κ1) is 5.60. The number of hydrogen-bond donors (Lipinski definition) is 1. The second-order valence-electron chi connectivity index (χ2n) is 2.01. The highest BCUT2D eigenvalue weighted by Crippen LogP contribution is 1.95. The van der Waals surface area contributed by atoms with Gasteiger partial charge in [-0.15, -0.1) is 0 Å². The van der Waals surface area contributed by atoms with Gasteiger partial charge < -0.3 is 4.74 Å². The van der Waals surface area contributed by atoms with E-state index in [9.17, 15) is 0 Å². The third-order valence-corrected chi connectivity index (χ3v) is 1.40. The average molecular weight is 114 g/mol. The fourth-order valence-corrected chi connectivity index (χ4v) is 0.901. The quantitative estimate of drug-likeness (QED) is 0.442. The van der Waals surface area contributed by atoms with Crippen molar-refractivity contribution >= 4 is 5.90 Å². The maximum Gasteiger partial charge on any atom is 0.334 e. The molecule has 0 spiro atoms. The molecule has 0 atom stereocenters. The smallest absolute Gasteiger partial charge is 0.334 e. The number of nitrogens with one attached hydrogen (secondary N) is 1. The molecule has 0 aromatic carbocycles. The van der Waals surface area contributed by atoms with Gasteiger partial charge in [-0.2, -0.15) is 0 Å². The Bertz CT molecular complexity index is 98.7. The number of rotatable bonds is 0. The lowest BCUT2D eigenvalue weighted by molar-refractivity contribution is -0.474. The van der Waals surface area contributed by atoms with Crippen LogP contribution >= 0.6 is 0 Å². The number of methoxy groups -OCH3 is 1. The fourth-order valence-electron chi connectivity index (χ4n) is 0.901. The minimum atomic E-state index is 1.05. The molecular formula is C6H12NO+. The third kappa shape index (κ3) is 1.22. The van der Waals surface area contributed by atoms with Gasteiger partial charge in [0.15, 0.2) is 0 Å². The van der Waals surface area contributed by atoms with Crippen molar-refractivity contribution in [3.8, 4) is 0 Å². The van der Waals surface area contributed by atoms with Gasteiger partial charge >= 0.3 is 5.90 Å². The van der Waals surface area contributed by atoms with Crippen LogP contribution in [0.4, 0.5) is 0 Å². The van der Waals surface area contributed by atoms with Gasteiger partial charge in [0.2, 0.25) is 0 Å². The van der Waals surface area contributed by atoms with E-state index in [1.165, 1.54) is 12.8 Å². The van der Waals surface area contributed by atoms with Crippen molar-refractivity contribution in [2.75, 3.05) is 13.7 Å². The summed E-state index contributed by atoms with van der Waals surface area (Å²) < 4.78 is 5.00. The second-order valence-corrected chi connectivity index (χ2v) is 2.01. The zero-order valence-electron chi connectivity index (χ0n) is 5.24. The Kier molecular flexibility index (Phi) is 1.89. The molecule has 1 heterocycles. The van der Waals surface area contributed by atoms with E-state index in [0.29, 0.717) is 0 Å². The van der Waals surface area contributed by atoms with Gasteiger partial charge in [-0.3, -0.25) is 0 Å². The molecule has 2 nitrogen and oxygen atoms in total. The fraction of sp³-hybridized carbons (Fsp3) is 0.833. The Morgan fingerprint density at radius 3 is 2.75 bits per heavy atom. The maximum atomic E-state index is 5.00. The van der Waals surface area contributed by atoms with Crippen molar-refractivity contribution in [1.82, 2.24) is 0 Å². The molecule has 46 valence electrons. The molecule has 0 aromatic heterocycles. The molecule has 1 aliphatic rings. The van der Waals surface area contributed by atoms with Gasteiger partial charge in [-0.05, 0) is 6.42 Å². The molecule has 0 radical (unpaired) electrons. The van der Waals surface area contributed by atoms with Crippen molar-refractivity contribution in [1.29, 1.82) is 0 Å². The molecule has 0 aromatic rings. The van der Waals surface area contributed by atoms with Crippen LogP contribution in [0.3, 0.4) is 0 Å². The van der Waals surface area contributed by atoms with E-state index in [0.717, 1.165) is 18.9 Å². The van der Waals surface area contributed by atoms with Crippen molar-refractivity contribution in [3.05, 3.63) is 0 Å². The van der Waals surface area contributed by atoms with E-state index in [-0.39, 0.29) is 0 Å². The van der Waals surface area contributed by atoms with Crippen molar-refractivity contribution in [2.45, 2.75) is 19.3 Å². The molecule has 1 aliphatic heterocycles. The Balaban J connectivity index is 2.37. The molecule has 0 saturated heterocycles. The first-order valence-electron chi connectivity index (χ1n) is 3.07. The lowest BCUT2D eigenvalue weighted by atomic mass is 10.2. The topological polar surface area (TPSA) is 23.2 Å². The molecule has 0 bridgehead atoms. The van der Waals surface area contributed by atoms with Crippen LogP contribution in [0.25, 0.3) is 0 Å². The van der Waals surface area contributed by atoms with Crippen LogP contribution in [0.1, 0.15) is 19.3 Å². The molecular weight excluding hydrogens is 102 g/mol. The molecule has 2 heteroatoms. The molecule has 0 unspecified atom stereocenters. The van der Waals surface area contributed by atoms with E-state index in [1.54, 1.807) is 7.11 Å². The second kappa shape index (κ2) is 2.70. The van der Waals surface area contributed by atoms with Crippen molar-refractivity contribution in [2.24, 2.45) is 0 Å².